The Kier molecular flexibility index (Phi) is 5.75. The van der Waals surface area contributed by atoms with E-state index >= 15 is 0 Å². The molecule has 0 heterocycles. The first-order chi connectivity index (χ1) is 9.57. The maximum atomic E-state index is 14.1. The molecule has 1 amide bonds. The first-order valence-corrected chi connectivity index (χ1v) is 8.94. The molecule has 0 aliphatic carbocycles. The van der Waals surface area contributed by atoms with Crippen molar-refractivity contribution >= 4 is 25.6 Å². The lowest BCUT2D eigenvalue weighted by Gasteiger charge is -2.21. The van der Waals surface area contributed by atoms with Crippen LogP contribution in [0.5, 0.6) is 0 Å². The maximum Gasteiger partial charge on any atom is 0.261 e. The molecule has 0 aliphatic heterocycles. The number of rotatable bonds is 5. The van der Waals surface area contributed by atoms with E-state index in [4.69, 9.17) is 10.7 Å². The molecule has 0 saturated carbocycles. The van der Waals surface area contributed by atoms with E-state index in [1.54, 1.807) is 0 Å². The summed E-state index contributed by atoms with van der Waals surface area (Å²) < 4.78 is 36.8. The average molecular weight is 336 g/mol. The van der Waals surface area contributed by atoms with Crippen LogP contribution in [0.15, 0.2) is 17.0 Å². The molecule has 1 aromatic rings. The van der Waals surface area contributed by atoms with Crippen LogP contribution in [0, 0.1) is 18.7 Å². The Bertz CT molecular complexity index is 644. The van der Waals surface area contributed by atoms with Crippen molar-refractivity contribution in [2.45, 2.75) is 45.1 Å². The van der Waals surface area contributed by atoms with Crippen molar-refractivity contribution in [2.24, 2.45) is 5.92 Å². The number of hydrogen-bond donors (Lipinski definition) is 1. The number of carbonyl (C=O) groups excluding carboxylic acids is 1. The molecule has 1 rings (SSSR count). The van der Waals surface area contributed by atoms with Crippen LogP contribution in [0.3, 0.4) is 0 Å². The van der Waals surface area contributed by atoms with Crippen LogP contribution in [0.2, 0.25) is 0 Å². The van der Waals surface area contributed by atoms with Gasteiger partial charge in [0.05, 0.1) is 10.5 Å². The third-order valence-corrected chi connectivity index (χ3v) is 4.65. The van der Waals surface area contributed by atoms with Crippen molar-refractivity contribution in [1.29, 1.82) is 0 Å². The van der Waals surface area contributed by atoms with E-state index < -0.39 is 20.8 Å². The lowest BCUT2D eigenvalue weighted by atomic mass is 10.0. The summed E-state index contributed by atoms with van der Waals surface area (Å²) in [5, 5.41) is 2.71. The largest absolute Gasteiger partial charge is 0.349 e. The molecule has 0 aliphatic rings. The zero-order chi connectivity index (χ0) is 16.4. The summed E-state index contributed by atoms with van der Waals surface area (Å²) >= 11 is 0. The number of amides is 1. The van der Waals surface area contributed by atoms with Gasteiger partial charge in [0, 0.05) is 16.7 Å². The van der Waals surface area contributed by atoms with Crippen molar-refractivity contribution in [3.63, 3.8) is 0 Å². The predicted molar refractivity (Wildman–Crippen MR) is 80.6 cm³/mol. The van der Waals surface area contributed by atoms with Crippen LogP contribution < -0.4 is 5.32 Å². The predicted octanol–water partition coefficient (Wildman–Crippen LogP) is 3.23. The molecular weight excluding hydrogens is 317 g/mol. The zero-order valence-corrected chi connectivity index (χ0v) is 14.0. The van der Waals surface area contributed by atoms with Crippen LogP contribution in [0.1, 0.15) is 43.1 Å². The normalized spacial score (nSPS) is 13.3. The van der Waals surface area contributed by atoms with E-state index in [-0.39, 0.29) is 28.0 Å². The van der Waals surface area contributed by atoms with Gasteiger partial charge in [-0.1, -0.05) is 20.8 Å². The van der Waals surface area contributed by atoms with E-state index in [1.807, 2.05) is 20.8 Å². The number of benzene rings is 1. The van der Waals surface area contributed by atoms with Gasteiger partial charge in [0.25, 0.3) is 15.0 Å². The molecule has 0 saturated heterocycles. The van der Waals surface area contributed by atoms with Gasteiger partial charge in [0.1, 0.15) is 5.82 Å². The second kappa shape index (κ2) is 6.75. The van der Waals surface area contributed by atoms with Gasteiger partial charge in [-0.2, -0.15) is 0 Å². The first-order valence-electron chi connectivity index (χ1n) is 6.63. The molecule has 1 atom stereocenters. The van der Waals surface area contributed by atoms with Gasteiger partial charge in [-0.15, -0.1) is 0 Å². The lowest BCUT2D eigenvalue weighted by Crippen LogP contribution is -2.38. The van der Waals surface area contributed by atoms with Gasteiger partial charge < -0.3 is 5.32 Å². The SMILES string of the molecule is CCC(NC(=O)c1cc(S(=O)(=O)Cl)cc(C)c1F)C(C)C. The van der Waals surface area contributed by atoms with Crippen molar-refractivity contribution in [3.8, 4) is 0 Å². The van der Waals surface area contributed by atoms with Gasteiger partial charge >= 0.3 is 0 Å². The standard InChI is InChI=1S/C14H19ClFNO3S/c1-5-12(8(2)3)17-14(18)11-7-10(21(15,19)20)6-9(4)13(11)16/h6-8,12H,5H2,1-4H3,(H,17,18). The summed E-state index contributed by atoms with van der Waals surface area (Å²) in [4.78, 5) is 11.9. The lowest BCUT2D eigenvalue weighted by molar-refractivity contribution is 0.0920. The molecule has 0 radical (unpaired) electrons. The number of hydrogen-bond acceptors (Lipinski definition) is 3. The smallest absolute Gasteiger partial charge is 0.261 e. The summed E-state index contributed by atoms with van der Waals surface area (Å²) in [7, 11) is 1.24. The topological polar surface area (TPSA) is 63.2 Å². The molecule has 1 aromatic carbocycles. The molecule has 0 bridgehead atoms. The molecule has 1 N–H and O–H groups in total. The van der Waals surface area contributed by atoms with E-state index in [1.165, 1.54) is 6.92 Å². The molecule has 1 unspecified atom stereocenters. The van der Waals surface area contributed by atoms with E-state index in [0.717, 1.165) is 12.1 Å². The summed E-state index contributed by atoms with van der Waals surface area (Å²) in [6.45, 7) is 7.18. The van der Waals surface area contributed by atoms with E-state index in [0.29, 0.717) is 6.42 Å². The molecule has 21 heavy (non-hydrogen) atoms. The highest BCUT2D eigenvalue weighted by molar-refractivity contribution is 8.13. The fraction of sp³-hybridized carbons (Fsp3) is 0.500. The summed E-state index contributed by atoms with van der Waals surface area (Å²) in [5.74, 6) is -1.20. The zero-order valence-electron chi connectivity index (χ0n) is 12.4. The van der Waals surface area contributed by atoms with Crippen molar-refractivity contribution in [3.05, 3.63) is 29.1 Å². The van der Waals surface area contributed by atoms with Crippen LogP contribution in [-0.2, 0) is 9.05 Å². The highest BCUT2D eigenvalue weighted by Gasteiger charge is 2.22. The second-order valence-corrected chi connectivity index (χ2v) is 7.84. The second-order valence-electron chi connectivity index (χ2n) is 5.27. The number of aryl methyl sites for hydroxylation is 1. The first kappa shape index (κ1) is 17.9. The molecule has 0 aromatic heterocycles. The number of nitrogens with one attached hydrogen (secondary N) is 1. The van der Waals surface area contributed by atoms with Gasteiger partial charge in [0.2, 0.25) is 0 Å². The Labute approximate surface area is 129 Å². The molecule has 118 valence electrons. The highest BCUT2D eigenvalue weighted by Crippen LogP contribution is 2.22. The van der Waals surface area contributed by atoms with Crippen LogP contribution in [-0.4, -0.2) is 20.4 Å². The Balaban J connectivity index is 3.24. The Morgan fingerprint density at radius 3 is 2.38 bits per heavy atom. The highest BCUT2D eigenvalue weighted by atomic mass is 35.7. The molecule has 0 fully saturated rings. The monoisotopic (exact) mass is 335 g/mol. The fourth-order valence-electron chi connectivity index (χ4n) is 2.03. The minimum atomic E-state index is -4.02. The minimum absolute atomic E-state index is 0.0551. The molecular formula is C14H19ClFNO3S. The van der Waals surface area contributed by atoms with Gasteiger partial charge in [-0.05, 0) is 37.0 Å². The Hall–Kier alpha value is -1.14. The number of halogens is 2. The maximum absolute atomic E-state index is 14.1. The third-order valence-electron chi connectivity index (χ3n) is 3.32. The minimum Gasteiger partial charge on any atom is -0.349 e. The molecule has 7 heteroatoms. The van der Waals surface area contributed by atoms with Gasteiger partial charge in [-0.3, -0.25) is 4.79 Å². The van der Waals surface area contributed by atoms with Crippen LogP contribution in [0.4, 0.5) is 4.39 Å². The Morgan fingerprint density at radius 1 is 1.38 bits per heavy atom. The third kappa shape index (κ3) is 4.41. The van der Waals surface area contributed by atoms with E-state index in [9.17, 15) is 17.6 Å². The van der Waals surface area contributed by atoms with Crippen molar-refractivity contribution in [2.75, 3.05) is 0 Å². The quantitative estimate of drug-likeness (QED) is 0.840. The van der Waals surface area contributed by atoms with Gasteiger partial charge in [0.15, 0.2) is 0 Å². The van der Waals surface area contributed by atoms with Gasteiger partial charge in [-0.25, -0.2) is 12.8 Å². The summed E-state index contributed by atoms with van der Waals surface area (Å²) in [6.07, 6.45) is 0.692. The summed E-state index contributed by atoms with van der Waals surface area (Å²) in [6, 6.07) is 1.95. The van der Waals surface area contributed by atoms with Crippen LogP contribution >= 0.6 is 10.7 Å². The average Bonchev–Trinajstić information content (AvgIpc) is 2.36. The molecule has 0 spiro atoms. The molecule has 4 nitrogen and oxygen atoms in total. The fourth-order valence-corrected chi connectivity index (χ4v) is 2.87. The van der Waals surface area contributed by atoms with Crippen molar-refractivity contribution < 1.29 is 17.6 Å². The van der Waals surface area contributed by atoms with Crippen molar-refractivity contribution in [1.82, 2.24) is 5.32 Å². The van der Waals surface area contributed by atoms with E-state index in [2.05, 4.69) is 5.32 Å². The summed E-state index contributed by atoms with van der Waals surface area (Å²) in [5.41, 5.74) is -0.257. The van der Waals surface area contributed by atoms with Crippen LogP contribution in [0.25, 0.3) is 0 Å². The number of carbonyl (C=O) groups is 1. The Morgan fingerprint density at radius 2 is 1.95 bits per heavy atom.